The first-order valence-electron chi connectivity index (χ1n) is 8.46. The van der Waals surface area contributed by atoms with E-state index in [1.807, 2.05) is 30.3 Å². The van der Waals surface area contributed by atoms with E-state index < -0.39 is 31.3 Å². The third kappa shape index (κ3) is 8.10. The Morgan fingerprint density at radius 3 is 2.27 bits per heavy atom. The molecule has 1 unspecified atom stereocenters. The molecule has 26 heavy (non-hydrogen) atoms. The number of benzene rings is 1. The first-order chi connectivity index (χ1) is 12.1. The Bertz CT molecular complexity index is 631. The predicted octanol–water partition coefficient (Wildman–Crippen LogP) is 1.33. The highest BCUT2D eigenvalue weighted by Crippen LogP contribution is 2.42. The van der Waals surface area contributed by atoms with Gasteiger partial charge in [-0.1, -0.05) is 44.2 Å². The average Bonchev–Trinajstić information content (AvgIpc) is 2.53. The zero-order valence-corrected chi connectivity index (χ0v) is 15.9. The molecule has 0 heterocycles. The molecule has 0 saturated carbocycles. The summed E-state index contributed by atoms with van der Waals surface area (Å²) in [5.41, 5.74) is 0.944. The van der Waals surface area contributed by atoms with Gasteiger partial charge in [-0.05, 0) is 24.3 Å². The highest BCUT2D eigenvalue weighted by molar-refractivity contribution is 7.52. The molecular formula is C17H27N2O6P. The van der Waals surface area contributed by atoms with E-state index >= 15 is 0 Å². The molecule has 146 valence electrons. The fourth-order valence-electron chi connectivity index (χ4n) is 2.48. The Morgan fingerprint density at radius 1 is 1.15 bits per heavy atom. The van der Waals surface area contributed by atoms with Crippen molar-refractivity contribution < 1.29 is 29.0 Å². The SMILES string of the molecule is CC(C)[C@H](NC(CCc1ccccc1)P(=O)(O)O)C(=O)NCCC(=O)O. The van der Waals surface area contributed by atoms with Crippen molar-refractivity contribution >= 4 is 19.5 Å². The Hall–Kier alpha value is -1.73. The molecule has 5 N–H and O–H groups in total. The quantitative estimate of drug-likeness (QED) is 0.362. The lowest BCUT2D eigenvalue weighted by molar-refractivity contribution is -0.137. The molecule has 0 aliphatic heterocycles. The molecule has 0 radical (unpaired) electrons. The van der Waals surface area contributed by atoms with Gasteiger partial charge in [-0.15, -0.1) is 0 Å². The maximum Gasteiger partial charge on any atom is 0.342 e. The van der Waals surface area contributed by atoms with Gasteiger partial charge in [0.25, 0.3) is 0 Å². The topological polar surface area (TPSA) is 136 Å². The van der Waals surface area contributed by atoms with Crippen molar-refractivity contribution in [2.45, 2.75) is 44.9 Å². The van der Waals surface area contributed by atoms with Crippen LogP contribution in [-0.4, -0.2) is 45.1 Å². The second kappa shape index (κ2) is 10.4. The third-order valence-electron chi connectivity index (χ3n) is 3.91. The summed E-state index contributed by atoms with van der Waals surface area (Å²) in [5, 5.41) is 13.9. The van der Waals surface area contributed by atoms with Crippen LogP contribution in [0.2, 0.25) is 0 Å². The van der Waals surface area contributed by atoms with Crippen LogP contribution in [0.5, 0.6) is 0 Å². The van der Waals surface area contributed by atoms with Crippen molar-refractivity contribution in [3.63, 3.8) is 0 Å². The van der Waals surface area contributed by atoms with Crippen LogP contribution in [0.15, 0.2) is 30.3 Å². The van der Waals surface area contributed by atoms with Crippen molar-refractivity contribution in [3.8, 4) is 0 Å². The van der Waals surface area contributed by atoms with E-state index in [2.05, 4.69) is 10.6 Å². The fourth-order valence-corrected chi connectivity index (χ4v) is 3.30. The summed E-state index contributed by atoms with van der Waals surface area (Å²) in [6, 6.07) is 8.46. The normalized spacial score (nSPS) is 14.0. The second-order valence-corrected chi connectivity index (χ2v) is 8.25. The van der Waals surface area contributed by atoms with Gasteiger partial charge < -0.3 is 20.2 Å². The lowest BCUT2D eigenvalue weighted by Gasteiger charge is -2.28. The van der Waals surface area contributed by atoms with E-state index in [0.29, 0.717) is 6.42 Å². The Labute approximate surface area is 153 Å². The maximum absolute atomic E-state index is 12.3. The van der Waals surface area contributed by atoms with Crippen molar-refractivity contribution in [1.82, 2.24) is 10.6 Å². The minimum atomic E-state index is -4.47. The summed E-state index contributed by atoms with van der Waals surface area (Å²) in [6.07, 6.45) is 0.404. The van der Waals surface area contributed by atoms with Gasteiger partial charge in [-0.3, -0.25) is 19.5 Å². The number of carbonyl (C=O) groups excluding carboxylic acids is 1. The molecule has 0 saturated heterocycles. The molecule has 0 aromatic heterocycles. The van der Waals surface area contributed by atoms with Gasteiger partial charge in [0.1, 0.15) is 5.78 Å². The molecule has 0 bridgehead atoms. The van der Waals surface area contributed by atoms with Gasteiger partial charge in [0.15, 0.2) is 0 Å². The van der Waals surface area contributed by atoms with Gasteiger partial charge in [0.05, 0.1) is 12.5 Å². The lowest BCUT2D eigenvalue weighted by atomic mass is 10.0. The maximum atomic E-state index is 12.3. The van der Waals surface area contributed by atoms with Crippen LogP contribution in [0.4, 0.5) is 0 Å². The molecule has 0 fully saturated rings. The van der Waals surface area contributed by atoms with Gasteiger partial charge in [0, 0.05) is 6.54 Å². The summed E-state index contributed by atoms with van der Waals surface area (Å²) in [5.74, 6) is -2.90. The molecular weight excluding hydrogens is 359 g/mol. The number of carbonyl (C=O) groups is 2. The van der Waals surface area contributed by atoms with Crippen LogP contribution in [0.3, 0.4) is 0 Å². The molecule has 0 spiro atoms. The lowest BCUT2D eigenvalue weighted by Crippen LogP contribution is -2.51. The van der Waals surface area contributed by atoms with E-state index in [1.54, 1.807) is 13.8 Å². The van der Waals surface area contributed by atoms with Crippen LogP contribution >= 0.6 is 7.60 Å². The average molecular weight is 386 g/mol. The minimum absolute atomic E-state index is 0.0380. The first kappa shape index (κ1) is 22.3. The van der Waals surface area contributed by atoms with Crippen molar-refractivity contribution in [1.29, 1.82) is 0 Å². The number of aryl methyl sites for hydroxylation is 1. The number of hydrogen-bond acceptors (Lipinski definition) is 4. The first-order valence-corrected chi connectivity index (χ1v) is 10.1. The Morgan fingerprint density at radius 2 is 1.77 bits per heavy atom. The van der Waals surface area contributed by atoms with E-state index in [4.69, 9.17) is 5.11 Å². The summed E-state index contributed by atoms with van der Waals surface area (Å²) in [4.78, 5) is 42.1. The van der Waals surface area contributed by atoms with Crippen LogP contribution in [0.25, 0.3) is 0 Å². The fraction of sp³-hybridized carbons (Fsp3) is 0.529. The zero-order valence-electron chi connectivity index (χ0n) is 15.0. The largest absolute Gasteiger partial charge is 0.481 e. The number of rotatable bonds is 11. The second-order valence-electron chi connectivity index (χ2n) is 6.45. The number of aliphatic carboxylic acids is 1. The summed E-state index contributed by atoms with van der Waals surface area (Å²) < 4.78 is 11.9. The van der Waals surface area contributed by atoms with E-state index in [0.717, 1.165) is 5.56 Å². The Kier molecular flexibility index (Phi) is 8.95. The van der Waals surface area contributed by atoms with Gasteiger partial charge >= 0.3 is 13.6 Å². The van der Waals surface area contributed by atoms with Crippen molar-refractivity contribution in [3.05, 3.63) is 35.9 Å². The number of carboxylic acids is 1. The van der Waals surface area contributed by atoms with E-state index in [-0.39, 0.29) is 25.3 Å². The predicted molar refractivity (Wildman–Crippen MR) is 97.6 cm³/mol. The highest BCUT2D eigenvalue weighted by Gasteiger charge is 2.34. The van der Waals surface area contributed by atoms with Gasteiger partial charge in [-0.25, -0.2) is 0 Å². The van der Waals surface area contributed by atoms with Crippen molar-refractivity contribution in [2.24, 2.45) is 5.92 Å². The molecule has 0 aliphatic carbocycles. The molecule has 1 aromatic rings. The number of amides is 1. The molecule has 1 amide bonds. The summed E-state index contributed by atoms with van der Waals surface area (Å²) in [7, 11) is -4.47. The monoisotopic (exact) mass is 386 g/mol. The molecule has 2 atom stereocenters. The van der Waals surface area contributed by atoms with Crippen LogP contribution < -0.4 is 10.6 Å². The zero-order chi connectivity index (χ0) is 19.7. The smallest absolute Gasteiger partial charge is 0.342 e. The van der Waals surface area contributed by atoms with Gasteiger partial charge in [0.2, 0.25) is 5.91 Å². The molecule has 0 aliphatic rings. The van der Waals surface area contributed by atoms with Crippen LogP contribution in [0, 0.1) is 5.92 Å². The van der Waals surface area contributed by atoms with Gasteiger partial charge in [-0.2, -0.15) is 0 Å². The molecule has 1 rings (SSSR count). The summed E-state index contributed by atoms with van der Waals surface area (Å²) >= 11 is 0. The molecule has 9 heteroatoms. The third-order valence-corrected chi connectivity index (χ3v) is 5.13. The number of carboxylic acid groups (broad SMARTS) is 1. The van der Waals surface area contributed by atoms with Crippen molar-refractivity contribution in [2.75, 3.05) is 6.54 Å². The number of nitrogens with one attached hydrogen (secondary N) is 2. The standard InChI is InChI=1S/C17H27N2O6P/c1-12(2)16(17(22)18-11-10-15(20)21)19-14(26(23,24)25)9-8-13-6-4-3-5-7-13/h3-7,12,14,16,19H,8-11H2,1-2H3,(H,18,22)(H,20,21)(H2,23,24,25)/t14?,16-/m0/s1. The summed E-state index contributed by atoms with van der Waals surface area (Å²) in [6.45, 7) is 3.47. The van der Waals surface area contributed by atoms with E-state index in [9.17, 15) is 23.9 Å². The van der Waals surface area contributed by atoms with Crippen LogP contribution in [-0.2, 0) is 20.6 Å². The highest BCUT2D eigenvalue weighted by atomic mass is 31.2. The molecule has 1 aromatic carbocycles. The minimum Gasteiger partial charge on any atom is -0.481 e. The molecule has 8 nitrogen and oxygen atoms in total. The number of hydrogen-bond donors (Lipinski definition) is 5. The van der Waals surface area contributed by atoms with Crippen LogP contribution in [0.1, 0.15) is 32.3 Å². The van der Waals surface area contributed by atoms with E-state index in [1.165, 1.54) is 0 Å². The Balaban J connectivity index is 2.76.